The number of ether oxygens (including phenoxy) is 2. The van der Waals surface area contributed by atoms with Crippen molar-refractivity contribution in [1.82, 2.24) is 5.48 Å². The smallest absolute Gasteiger partial charge is 0.341 e. The summed E-state index contributed by atoms with van der Waals surface area (Å²) in [4.78, 5) is 18.4. The largest absolute Gasteiger partial charge is 0.482 e. The van der Waals surface area contributed by atoms with Gasteiger partial charge in [0, 0.05) is 12.7 Å². The fourth-order valence-corrected chi connectivity index (χ4v) is 3.47. The van der Waals surface area contributed by atoms with Crippen LogP contribution in [-0.2, 0) is 9.63 Å². The molecule has 3 aromatic rings. The lowest BCUT2D eigenvalue weighted by Gasteiger charge is -2.32. The fourth-order valence-electron chi connectivity index (χ4n) is 3.47. The highest BCUT2D eigenvalue weighted by atomic mass is 16.6. The molecule has 0 spiro atoms. The van der Waals surface area contributed by atoms with Crippen molar-refractivity contribution < 1.29 is 24.2 Å². The third kappa shape index (κ3) is 5.01. The first kappa shape index (κ1) is 21.3. The lowest BCUT2D eigenvalue weighted by atomic mass is 10.1. The van der Waals surface area contributed by atoms with Crippen LogP contribution in [0.2, 0.25) is 0 Å². The highest BCUT2D eigenvalue weighted by Gasteiger charge is 2.23. The van der Waals surface area contributed by atoms with Crippen molar-refractivity contribution in [2.24, 2.45) is 0 Å². The van der Waals surface area contributed by atoms with Crippen LogP contribution in [0.5, 0.6) is 17.2 Å². The van der Waals surface area contributed by atoms with Crippen LogP contribution in [0.1, 0.15) is 11.1 Å². The number of benzene rings is 3. The predicted octanol–water partition coefficient (Wildman–Crippen LogP) is 4.89. The van der Waals surface area contributed by atoms with Gasteiger partial charge in [0.1, 0.15) is 5.75 Å². The van der Waals surface area contributed by atoms with Gasteiger partial charge >= 0.3 is 5.97 Å². The van der Waals surface area contributed by atoms with Crippen molar-refractivity contribution in [2.45, 2.75) is 6.92 Å². The first-order chi connectivity index (χ1) is 15.6. The van der Waals surface area contributed by atoms with Crippen LogP contribution in [0.25, 0.3) is 6.08 Å². The molecule has 1 aliphatic heterocycles. The van der Waals surface area contributed by atoms with E-state index < -0.39 is 5.97 Å². The average Bonchev–Trinajstić information content (AvgIpc) is 2.80. The van der Waals surface area contributed by atoms with Crippen molar-refractivity contribution in [2.75, 3.05) is 24.7 Å². The minimum atomic E-state index is -1.00. The molecule has 0 aromatic heterocycles. The Hall–Kier alpha value is -3.97. The number of carboxylic acid groups (broad SMARTS) is 1. The van der Waals surface area contributed by atoms with Gasteiger partial charge in [0.25, 0.3) is 0 Å². The molecule has 0 fully saturated rings. The van der Waals surface area contributed by atoms with Gasteiger partial charge < -0.3 is 19.5 Å². The van der Waals surface area contributed by atoms with E-state index in [1.54, 1.807) is 12.3 Å². The average molecular weight is 432 g/mol. The van der Waals surface area contributed by atoms with Gasteiger partial charge in [-0.05, 0) is 60.5 Å². The molecule has 1 heterocycles. The second kappa shape index (κ2) is 9.89. The molecule has 0 atom stereocenters. The summed E-state index contributed by atoms with van der Waals surface area (Å²) in [6.07, 6.45) is 3.58. The summed E-state index contributed by atoms with van der Waals surface area (Å²) in [6.45, 7) is 2.61. The zero-order valence-electron chi connectivity index (χ0n) is 17.7. The molecular formula is C25H24N2O5. The molecule has 3 aromatic carbocycles. The molecule has 7 nitrogen and oxygen atoms in total. The summed E-state index contributed by atoms with van der Waals surface area (Å²) in [7, 11) is 0. The summed E-state index contributed by atoms with van der Waals surface area (Å²) in [5.41, 5.74) is 6.66. The van der Waals surface area contributed by atoms with Crippen LogP contribution in [0.4, 0.5) is 11.4 Å². The maximum absolute atomic E-state index is 10.6. The van der Waals surface area contributed by atoms with Crippen LogP contribution >= 0.6 is 0 Å². The van der Waals surface area contributed by atoms with Crippen molar-refractivity contribution >= 4 is 23.4 Å². The number of aryl methyl sites for hydroxylation is 1. The van der Waals surface area contributed by atoms with Crippen LogP contribution < -0.4 is 19.9 Å². The van der Waals surface area contributed by atoms with Gasteiger partial charge in [0.15, 0.2) is 18.1 Å². The molecule has 164 valence electrons. The van der Waals surface area contributed by atoms with E-state index in [9.17, 15) is 4.79 Å². The van der Waals surface area contributed by atoms with Crippen molar-refractivity contribution in [3.63, 3.8) is 0 Å². The molecule has 0 radical (unpaired) electrons. The number of rotatable bonds is 9. The Bertz CT molecular complexity index is 1080. The Morgan fingerprint density at radius 3 is 2.41 bits per heavy atom. The maximum Gasteiger partial charge on any atom is 0.341 e. The first-order valence-electron chi connectivity index (χ1n) is 10.2. The number of hydroxylamine groups is 1. The number of carbonyl (C=O) groups is 1. The minimum Gasteiger partial charge on any atom is -0.482 e. The SMILES string of the molecule is Cc1cc(C=CNOCCN2c3ccccc3Oc3ccccc32)ccc1OCC(=O)O. The van der Waals surface area contributed by atoms with E-state index in [1.807, 2.05) is 73.7 Å². The summed E-state index contributed by atoms with van der Waals surface area (Å²) >= 11 is 0. The van der Waals surface area contributed by atoms with Crippen LogP contribution in [0.15, 0.2) is 72.9 Å². The summed E-state index contributed by atoms with van der Waals surface area (Å²) in [5.74, 6) is 1.20. The molecule has 2 N–H and O–H groups in total. The van der Waals surface area contributed by atoms with Gasteiger partial charge in [-0.25, -0.2) is 4.79 Å². The van der Waals surface area contributed by atoms with E-state index >= 15 is 0 Å². The molecular weight excluding hydrogens is 408 g/mol. The van der Waals surface area contributed by atoms with Gasteiger partial charge in [-0.2, -0.15) is 0 Å². The number of nitrogens with one attached hydrogen (secondary N) is 1. The molecule has 0 amide bonds. The standard InChI is InChI=1S/C25H24N2O5/c1-18-16-19(10-11-22(18)30-17-25(28)29)12-13-26-31-15-14-27-20-6-2-4-8-23(20)32-24-9-5-3-7-21(24)27/h2-13,16,26H,14-15,17H2,1H3,(H,28,29). The topological polar surface area (TPSA) is 80.3 Å². The normalized spacial score (nSPS) is 12.1. The quantitative estimate of drug-likeness (QED) is 0.368. The Labute approximate surface area is 186 Å². The van der Waals surface area contributed by atoms with E-state index in [-0.39, 0.29) is 6.61 Å². The van der Waals surface area contributed by atoms with Crippen LogP contribution in [0.3, 0.4) is 0 Å². The zero-order chi connectivity index (χ0) is 22.3. The second-order valence-corrected chi connectivity index (χ2v) is 7.20. The zero-order valence-corrected chi connectivity index (χ0v) is 17.7. The minimum absolute atomic E-state index is 0.358. The van der Waals surface area contributed by atoms with Gasteiger partial charge in [-0.3, -0.25) is 10.3 Å². The number of hydrogen-bond donors (Lipinski definition) is 2. The van der Waals surface area contributed by atoms with E-state index in [0.29, 0.717) is 18.9 Å². The lowest BCUT2D eigenvalue weighted by molar-refractivity contribution is -0.139. The Balaban J connectivity index is 1.30. The van der Waals surface area contributed by atoms with Gasteiger partial charge in [-0.15, -0.1) is 0 Å². The molecule has 1 aliphatic rings. The number of hydrogen-bond acceptors (Lipinski definition) is 6. The number of nitrogens with zero attached hydrogens (tertiary/aromatic N) is 1. The number of fused-ring (bicyclic) bond motifs is 2. The third-order valence-electron chi connectivity index (χ3n) is 4.93. The van der Waals surface area contributed by atoms with E-state index in [2.05, 4.69) is 10.4 Å². The Morgan fingerprint density at radius 1 is 1.06 bits per heavy atom. The van der Waals surface area contributed by atoms with Crippen molar-refractivity contribution in [3.05, 3.63) is 84.1 Å². The third-order valence-corrected chi connectivity index (χ3v) is 4.93. The number of carboxylic acids is 1. The molecule has 0 saturated heterocycles. The van der Waals surface area contributed by atoms with Crippen molar-refractivity contribution in [3.8, 4) is 17.2 Å². The fraction of sp³-hybridized carbons (Fsp3) is 0.160. The van der Waals surface area contributed by atoms with Crippen LogP contribution in [-0.4, -0.2) is 30.8 Å². The Morgan fingerprint density at radius 2 is 1.75 bits per heavy atom. The molecule has 0 aliphatic carbocycles. The predicted molar refractivity (Wildman–Crippen MR) is 122 cm³/mol. The van der Waals surface area contributed by atoms with Crippen LogP contribution in [0, 0.1) is 6.92 Å². The molecule has 0 saturated carbocycles. The monoisotopic (exact) mass is 432 g/mol. The molecule has 4 rings (SSSR count). The lowest BCUT2D eigenvalue weighted by Crippen LogP contribution is -2.26. The maximum atomic E-state index is 10.6. The van der Waals surface area contributed by atoms with E-state index in [4.69, 9.17) is 19.4 Å². The molecule has 7 heteroatoms. The highest BCUT2D eigenvalue weighted by molar-refractivity contribution is 5.77. The van der Waals surface area contributed by atoms with Gasteiger partial charge in [0.05, 0.1) is 18.0 Å². The summed E-state index contributed by atoms with van der Waals surface area (Å²) in [6, 6.07) is 21.4. The number of anilines is 2. The van der Waals surface area contributed by atoms with Gasteiger partial charge in [0.2, 0.25) is 0 Å². The second-order valence-electron chi connectivity index (χ2n) is 7.20. The van der Waals surface area contributed by atoms with Gasteiger partial charge in [-0.1, -0.05) is 30.3 Å². The number of aliphatic carboxylic acids is 1. The molecule has 0 unspecified atom stereocenters. The van der Waals surface area contributed by atoms with E-state index in [1.165, 1.54) is 0 Å². The first-order valence-corrected chi connectivity index (χ1v) is 10.2. The summed E-state index contributed by atoms with van der Waals surface area (Å²) in [5, 5.41) is 8.72. The Kier molecular flexibility index (Phi) is 6.57. The highest BCUT2D eigenvalue weighted by Crippen LogP contribution is 2.45. The van der Waals surface area contributed by atoms with Crippen molar-refractivity contribution in [1.29, 1.82) is 0 Å². The molecule has 32 heavy (non-hydrogen) atoms. The number of para-hydroxylation sites is 4. The van der Waals surface area contributed by atoms with E-state index in [0.717, 1.165) is 34.0 Å². The molecule has 0 bridgehead atoms. The summed E-state index contributed by atoms with van der Waals surface area (Å²) < 4.78 is 11.2.